The molecule has 0 bridgehead atoms. The fourth-order valence-electron chi connectivity index (χ4n) is 6.53. The van der Waals surface area contributed by atoms with Gasteiger partial charge in [0.25, 0.3) is 0 Å². The van der Waals surface area contributed by atoms with Crippen molar-refractivity contribution in [1.29, 1.82) is 0 Å². The molecule has 6 rings (SSSR count). The number of nitrogens with zero attached hydrogens (tertiary/aromatic N) is 2. The minimum absolute atomic E-state index is 0.106. The van der Waals surface area contributed by atoms with E-state index in [1.165, 1.54) is 0 Å². The number of hydrogen-bond donors (Lipinski definition) is 1. The molecule has 0 saturated carbocycles. The summed E-state index contributed by atoms with van der Waals surface area (Å²) in [6, 6.07) is 17.8. The molecule has 0 atom stereocenters. The number of nitrogens with one attached hydrogen (secondary N) is 1. The van der Waals surface area contributed by atoms with Crippen LogP contribution >= 0.6 is 11.6 Å². The van der Waals surface area contributed by atoms with Crippen LogP contribution in [-0.4, -0.2) is 21.8 Å². The molecule has 1 N–H and O–H groups in total. The Labute approximate surface area is 228 Å². The molecule has 5 nitrogen and oxygen atoms in total. The van der Waals surface area contributed by atoms with E-state index in [0.29, 0.717) is 17.9 Å². The van der Waals surface area contributed by atoms with Gasteiger partial charge in [0.15, 0.2) is 11.6 Å². The zero-order valence-corrected chi connectivity index (χ0v) is 23.0. The monoisotopic (exact) mass is 525 g/mol. The van der Waals surface area contributed by atoms with Crippen LogP contribution in [0.1, 0.15) is 64.9 Å². The number of anilines is 1. The highest BCUT2D eigenvalue weighted by Crippen LogP contribution is 2.56. The van der Waals surface area contributed by atoms with Crippen molar-refractivity contribution < 1.29 is 9.59 Å². The first-order valence-electron chi connectivity index (χ1n) is 13.2. The van der Waals surface area contributed by atoms with Gasteiger partial charge in [-0.05, 0) is 53.5 Å². The van der Waals surface area contributed by atoms with Crippen LogP contribution in [0.3, 0.4) is 0 Å². The van der Waals surface area contributed by atoms with Gasteiger partial charge >= 0.3 is 0 Å². The molecule has 2 aromatic carbocycles. The predicted molar refractivity (Wildman–Crippen MR) is 151 cm³/mol. The maximum Gasteiger partial charge on any atom is 0.162 e. The molecular formula is C32H32ClN3O2. The van der Waals surface area contributed by atoms with Crippen LogP contribution in [0.25, 0.3) is 11.3 Å². The third-order valence-electron chi connectivity index (χ3n) is 8.04. The lowest BCUT2D eigenvalue weighted by atomic mass is 9.63. The van der Waals surface area contributed by atoms with Gasteiger partial charge in [0.1, 0.15) is 0 Å². The maximum absolute atomic E-state index is 14.1. The number of Topliss-reactive ketones (excluding diaryl/α,β-unsaturated/α-hetero) is 2. The van der Waals surface area contributed by atoms with Crippen LogP contribution in [0.2, 0.25) is 5.02 Å². The Bertz CT molecular complexity index is 1460. The fourth-order valence-corrected chi connectivity index (χ4v) is 6.65. The fraction of sp³-hybridized carbons (Fsp3) is 0.344. The van der Waals surface area contributed by atoms with Crippen molar-refractivity contribution in [2.24, 2.45) is 10.8 Å². The van der Waals surface area contributed by atoms with Gasteiger partial charge in [0.05, 0.1) is 11.9 Å². The lowest BCUT2D eigenvalue weighted by Crippen LogP contribution is -2.44. The minimum Gasteiger partial charge on any atom is -0.317 e. The molecule has 3 aromatic rings. The summed E-state index contributed by atoms with van der Waals surface area (Å²) < 4.78 is 0. The van der Waals surface area contributed by atoms with E-state index in [9.17, 15) is 9.59 Å². The van der Waals surface area contributed by atoms with Gasteiger partial charge in [0, 0.05) is 57.6 Å². The van der Waals surface area contributed by atoms with E-state index in [1.807, 2.05) is 42.5 Å². The van der Waals surface area contributed by atoms with Crippen LogP contribution in [0, 0.1) is 10.8 Å². The largest absolute Gasteiger partial charge is 0.317 e. The highest BCUT2D eigenvalue weighted by atomic mass is 35.5. The summed E-state index contributed by atoms with van der Waals surface area (Å²) in [7, 11) is 0. The summed E-state index contributed by atoms with van der Waals surface area (Å²) in [5, 5.41) is 8.23. The molecule has 6 heteroatoms. The number of benzene rings is 2. The molecule has 0 radical (unpaired) electrons. The van der Waals surface area contributed by atoms with Crippen molar-refractivity contribution >= 4 is 28.9 Å². The number of para-hydroxylation sites is 1. The molecule has 2 aliphatic carbocycles. The molecule has 0 unspecified atom stereocenters. The number of allylic oxidation sites excluding steroid dienone is 4. The number of aromatic amines is 1. The van der Waals surface area contributed by atoms with E-state index in [0.717, 1.165) is 57.9 Å². The number of hydrogen-bond acceptors (Lipinski definition) is 4. The Morgan fingerprint density at radius 2 is 1.37 bits per heavy atom. The average Bonchev–Trinajstić information content (AvgIpc) is 3.32. The number of rotatable bonds is 3. The summed E-state index contributed by atoms with van der Waals surface area (Å²) >= 11 is 6.17. The van der Waals surface area contributed by atoms with E-state index in [4.69, 9.17) is 11.6 Å². The van der Waals surface area contributed by atoms with Gasteiger partial charge < -0.3 is 4.90 Å². The van der Waals surface area contributed by atoms with E-state index in [2.05, 4.69) is 54.9 Å². The molecule has 0 saturated heterocycles. The second-order valence-corrected chi connectivity index (χ2v) is 12.9. The van der Waals surface area contributed by atoms with Crippen molar-refractivity contribution in [1.82, 2.24) is 10.2 Å². The Hall–Kier alpha value is -3.44. The van der Waals surface area contributed by atoms with Crippen LogP contribution in [0.15, 0.2) is 83.3 Å². The summed E-state index contributed by atoms with van der Waals surface area (Å²) in [5.41, 5.74) is 6.70. The standard InChI is InChI=1S/C32H32ClN3O2/c1-31(2)14-23-28(25(37)16-31)27(22-18-34-35-30(22)19-10-12-20(33)13-11-19)29-24(15-32(3,4)17-26(29)38)36(23)21-8-6-5-7-9-21/h5-13,18,27H,14-17H2,1-4H3,(H,34,35). The number of carbonyl (C=O) groups excluding carboxylic acids is 2. The van der Waals surface area contributed by atoms with Crippen molar-refractivity contribution in [3.8, 4) is 11.3 Å². The normalized spacial score (nSPS) is 21.0. The molecule has 2 heterocycles. The second-order valence-electron chi connectivity index (χ2n) is 12.4. The molecule has 0 amide bonds. The molecule has 0 fully saturated rings. The smallest absolute Gasteiger partial charge is 0.162 e. The number of ketones is 2. The second kappa shape index (κ2) is 8.81. The maximum atomic E-state index is 14.1. The van der Waals surface area contributed by atoms with E-state index in [-0.39, 0.29) is 22.4 Å². The summed E-state index contributed by atoms with van der Waals surface area (Å²) in [5.74, 6) is -0.249. The Kier molecular flexibility index (Phi) is 5.76. The number of halogens is 1. The first-order valence-corrected chi connectivity index (χ1v) is 13.6. The van der Waals surface area contributed by atoms with E-state index < -0.39 is 5.92 Å². The summed E-state index contributed by atoms with van der Waals surface area (Å²) in [6.07, 6.45) is 4.18. The van der Waals surface area contributed by atoms with Crippen LogP contribution in [0.4, 0.5) is 5.69 Å². The molecule has 0 spiro atoms. The first kappa shape index (κ1) is 24.9. The summed E-state index contributed by atoms with van der Waals surface area (Å²) in [4.78, 5) is 30.4. The van der Waals surface area contributed by atoms with Crippen molar-refractivity contribution in [3.05, 3.63) is 93.9 Å². The zero-order chi connectivity index (χ0) is 26.8. The molecule has 3 aliphatic rings. The lowest BCUT2D eigenvalue weighted by molar-refractivity contribution is -0.119. The third kappa shape index (κ3) is 4.14. The highest BCUT2D eigenvalue weighted by molar-refractivity contribution is 6.30. The highest BCUT2D eigenvalue weighted by Gasteiger charge is 2.50. The Morgan fingerprint density at radius 1 is 0.816 bits per heavy atom. The van der Waals surface area contributed by atoms with Gasteiger partial charge in [0.2, 0.25) is 0 Å². The Balaban J connectivity index is 1.65. The van der Waals surface area contributed by atoms with Crippen LogP contribution < -0.4 is 4.90 Å². The lowest BCUT2D eigenvalue weighted by Gasteiger charge is -2.49. The van der Waals surface area contributed by atoms with Crippen molar-refractivity contribution in [3.63, 3.8) is 0 Å². The predicted octanol–water partition coefficient (Wildman–Crippen LogP) is 7.62. The zero-order valence-electron chi connectivity index (χ0n) is 22.3. The Morgan fingerprint density at radius 3 is 1.92 bits per heavy atom. The third-order valence-corrected chi connectivity index (χ3v) is 8.29. The number of carbonyl (C=O) groups is 2. The quantitative estimate of drug-likeness (QED) is 0.382. The van der Waals surface area contributed by atoms with Gasteiger partial charge in [-0.3, -0.25) is 14.7 Å². The molecule has 38 heavy (non-hydrogen) atoms. The van der Waals surface area contributed by atoms with Crippen molar-refractivity contribution in [2.45, 2.75) is 59.3 Å². The van der Waals surface area contributed by atoms with E-state index in [1.54, 1.807) is 6.20 Å². The van der Waals surface area contributed by atoms with E-state index >= 15 is 0 Å². The van der Waals surface area contributed by atoms with Gasteiger partial charge in [-0.1, -0.05) is 69.6 Å². The summed E-state index contributed by atoms with van der Waals surface area (Å²) in [6.45, 7) is 8.63. The molecule has 194 valence electrons. The minimum atomic E-state index is -0.461. The van der Waals surface area contributed by atoms with Crippen molar-refractivity contribution in [2.75, 3.05) is 4.90 Å². The molecule has 1 aromatic heterocycles. The topological polar surface area (TPSA) is 66.1 Å². The molecule has 1 aliphatic heterocycles. The van der Waals surface area contributed by atoms with Gasteiger partial charge in [-0.15, -0.1) is 0 Å². The van der Waals surface area contributed by atoms with Crippen LogP contribution in [0.5, 0.6) is 0 Å². The number of aromatic nitrogens is 2. The number of H-pyrrole nitrogens is 1. The van der Waals surface area contributed by atoms with Crippen LogP contribution in [-0.2, 0) is 9.59 Å². The average molecular weight is 526 g/mol. The van der Waals surface area contributed by atoms with Gasteiger partial charge in [-0.2, -0.15) is 5.10 Å². The molecular weight excluding hydrogens is 494 g/mol. The van der Waals surface area contributed by atoms with Gasteiger partial charge in [-0.25, -0.2) is 0 Å². The first-order chi connectivity index (χ1) is 18.0. The SMILES string of the molecule is CC1(C)CC(=O)C2=C(C1)N(c1ccccc1)C1=C(C(=O)CC(C)(C)C1)C2c1cn[nH]c1-c1ccc(Cl)cc1.